The molecular formula is C18H17ClN2O4. The van der Waals surface area contributed by atoms with Gasteiger partial charge in [-0.15, -0.1) is 0 Å². The minimum atomic E-state index is -0.981. The van der Waals surface area contributed by atoms with Crippen LogP contribution in [-0.4, -0.2) is 23.9 Å². The molecule has 0 aliphatic carbocycles. The topological polar surface area (TPSA) is 98.5 Å². The summed E-state index contributed by atoms with van der Waals surface area (Å²) >= 11 is 5.99. The van der Waals surface area contributed by atoms with Gasteiger partial charge in [-0.3, -0.25) is 14.4 Å². The Labute approximate surface area is 149 Å². The van der Waals surface area contributed by atoms with Crippen molar-refractivity contribution in [1.29, 1.82) is 0 Å². The highest BCUT2D eigenvalue weighted by Gasteiger charge is 2.19. The Hall–Kier alpha value is -2.86. The Balaban J connectivity index is 1.90. The van der Waals surface area contributed by atoms with Crippen LogP contribution in [0, 0.1) is 0 Å². The Kier molecular flexibility index (Phi) is 6.14. The molecule has 6 nitrogen and oxygen atoms in total. The number of anilines is 1. The molecule has 0 radical (unpaired) electrons. The summed E-state index contributed by atoms with van der Waals surface area (Å²) in [5.74, 6) is -1.60. The highest BCUT2D eigenvalue weighted by molar-refractivity contribution is 6.31. The van der Waals surface area contributed by atoms with E-state index in [9.17, 15) is 14.4 Å². The van der Waals surface area contributed by atoms with Crippen LogP contribution in [0.25, 0.3) is 0 Å². The van der Waals surface area contributed by atoms with E-state index in [4.69, 9.17) is 22.1 Å². The normalized spacial score (nSPS) is 11.4. The third-order valence-electron chi connectivity index (χ3n) is 3.41. The number of amides is 2. The maximum Gasteiger partial charge on any atom is 0.311 e. The van der Waals surface area contributed by atoms with Crippen molar-refractivity contribution in [2.24, 2.45) is 5.73 Å². The fraction of sp³-hybridized carbons (Fsp3) is 0.167. The molecule has 0 aliphatic heterocycles. The molecule has 0 spiro atoms. The third-order valence-corrected chi connectivity index (χ3v) is 3.78. The van der Waals surface area contributed by atoms with Crippen LogP contribution in [0.3, 0.4) is 0 Å². The van der Waals surface area contributed by atoms with Gasteiger partial charge < -0.3 is 15.8 Å². The molecular weight excluding hydrogens is 344 g/mol. The molecule has 0 unspecified atom stereocenters. The van der Waals surface area contributed by atoms with Gasteiger partial charge >= 0.3 is 5.97 Å². The first-order valence-corrected chi connectivity index (χ1v) is 7.88. The Bertz CT molecular complexity index is 790. The molecule has 0 fully saturated rings. The van der Waals surface area contributed by atoms with E-state index >= 15 is 0 Å². The van der Waals surface area contributed by atoms with Crippen molar-refractivity contribution in [3.8, 4) is 0 Å². The zero-order chi connectivity index (χ0) is 18.4. The fourth-order valence-corrected chi connectivity index (χ4v) is 2.25. The number of nitrogens with one attached hydrogen (secondary N) is 1. The molecule has 2 aromatic carbocycles. The van der Waals surface area contributed by atoms with E-state index in [0.29, 0.717) is 21.8 Å². The van der Waals surface area contributed by atoms with Gasteiger partial charge in [0.05, 0.1) is 6.42 Å². The third kappa shape index (κ3) is 5.32. The number of benzene rings is 2. The molecule has 0 bridgehead atoms. The number of rotatable bonds is 6. The molecule has 0 saturated carbocycles. The largest absolute Gasteiger partial charge is 0.452 e. The standard InChI is InChI=1S/C18H17ClN2O4/c1-11(25-16(22)10-13-4-2-3-5-15(13)19)18(24)21-14-8-6-12(7-9-14)17(20)23/h2-9,11H,10H2,1H3,(H2,20,23)(H,21,24)/t11-/m1/s1. The summed E-state index contributed by atoms with van der Waals surface area (Å²) < 4.78 is 5.12. The lowest BCUT2D eigenvalue weighted by molar-refractivity contribution is -0.152. The molecule has 3 N–H and O–H groups in total. The maximum absolute atomic E-state index is 12.1. The van der Waals surface area contributed by atoms with E-state index in [-0.39, 0.29) is 6.42 Å². The van der Waals surface area contributed by atoms with Crippen LogP contribution in [0.2, 0.25) is 5.02 Å². The van der Waals surface area contributed by atoms with Crippen molar-refractivity contribution < 1.29 is 19.1 Å². The highest BCUT2D eigenvalue weighted by Crippen LogP contribution is 2.16. The number of esters is 1. The summed E-state index contributed by atoms with van der Waals surface area (Å²) in [5, 5.41) is 3.06. The number of nitrogens with two attached hydrogens (primary N) is 1. The summed E-state index contributed by atoms with van der Waals surface area (Å²) in [6.07, 6.45) is -1.00. The number of hydrogen-bond acceptors (Lipinski definition) is 4. The zero-order valence-corrected chi connectivity index (χ0v) is 14.2. The summed E-state index contributed by atoms with van der Waals surface area (Å²) in [7, 11) is 0. The molecule has 25 heavy (non-hydrogen) atoms. The van der Waals surface area contributed by atoms with E-state index in [1.54, 1.807) is 24.3 Å². The van der Waals surface area contributed by atoms with E-state index in [2.05, 4.69) is 5.32 Å². The minimum Gasteiger partial charge on any atom is -0.452 e. The van der Waals surface area contributed by atoms with E-state index in [1.165, 1.54) is 31.2 Å². The fourth-order valence-electron chi connectivity index (χ4n) is 2.05. The number of carbonyl (C=O) groups excluding carboxylic acids is 3. The lowest BCUT2D eigenvalue weighted by atomic mass is 10.1. The van der Waals surface area contributed by atoms with Crippen LogP contribution >= 0.6 is 11.6 Å². The molecule has 0 saturated heterocycles. The molecule has 0 aromatic heterocycles. The molecule has 2 amide bonds. The smallest absolute Gasteiger partial charge is 0.311 e. The molecule has 2 aromatic rings. The van der Waals surface area contributed by atoms with Crippen LogP contribution in [-0.2, 0) is 20.7 Å². The van der Waals surface area contributed by atoms with Crippen molar-refractivity contribution >= 4 is 35.1 Å². The second kappa shape index (κ2) is 8.30. The molecule has 1 atom stereocenters. The summed E-state index contributed by atoms with van der Waals surface area (Å²) in [6.45, 7) is 1.47. The van der Waals surface area contributed by atoms with Crippen molar-refractivity contribution in [1.82, 2.24) is 0 Å². The van der Waals surface area contributed by atoms with Crippen LogP contribution < -0.4 is 11.1 Å². The number of ether oxygens (including phenoxy) is 1. The van der Waals surface area contributed by atoms with E-state index in [1.807, 2.05) is 0 Å². The predicted octanol–water partition coefficient (Wildman–Crippen LogP) is 2.55. The second-order valence-corrected chi connectivity index (χ2v) is 5.74. The second-order valence-electron chi connectivity index (χ2n) is 5.33. The number of hydrogen-bond donors (Lipinski definition) is 2. The van der Waals surface area contributed by atoms with Gasteiger partial charge in [-0.25, -0.2) is 0 Å². The lowest BCUT2D eigenvalue weighted by Crippen LogP contribution is -2.30. The van der Waals surface area contributed by atoms with Gasteiger partial charge in [0.15, 0.2) is 6.10 Å². The van der Waals surface area contributed by atoms with Crippen molar-refractivity contribution in [2.45, 2.75) is 19.4 Å². The van der Waals surface area contributed by atoms with Gasteiger partial charge in [0.1, 0.15) is 0 Å². The zero-order valence-electron chi connectivity index (χ0n) is 13.5. The number of primary amides is 1. The molecule has 0 aliphatic rings. The van der Waals surface area contributed by atoms with Crippen LogP contribution in [0.4, 0.5) is 5.69 Å². The average Bonchev–Trinajstić information content (AvgIpc) is 2.57. The summed E-state index contributed by atoms with van der Waals surface area (Å²) in [6, 6.07) is 13.0. The minimum absolute atomic E-state index is 0.0232. The summed E-state index contributed by atoms with van der Waals surface area (Å²) in [5.41, 5.74) is 6.57. The van der Waals surface area contributed by atoms with Crippen LogP contribution in [0.15, 0.2) is 48.5 Å². The van der Waals surface area contributed by atoms with Crippen LogP contribution in [0.5, 0.6) is 0 Å². The SMILES string of the molecule is C[C@@H](OC(=O)Cc1ccccc1Cl)C(=O)Nc1ccc(C(N)=O)cc1. The predicted molar refractivity (Wildman–Crippen MR) is 94.3 cm³/mol. The Morgan fingerprint density at radius 3 is 2.36 bits per heavy atom. The van der Waals surface area contributed by atoms with Gasteiger partial charge in [0, 0.05) is 16.3 Å². The van der Waals surface area contributed by atoms with Gasteiger partial charge in [0.25, 0.3) is 5.91 Å². The van der Waals surface area contributed by atoms with Gasteiger partial charge in [-0.05, 0) is 42.8 Å². The van der Waals surface area contributed by atoms with Crippen molar-refractivity contribution in [3.63, 3.8) is 0 Å². The molecule has 130 valence electrons. The highest BCUT2D eigenvalue weighted by atomic mass is 35.5. The average molecular weight is 361 g/mol. The molecule has 0 heterocycles. The van der Waals surface area contributed by atoms with Crippen molar-refractivity contribution in [3.05, 3.63) is 64.7 Å². The van der Waals surface area contributed by atoms with Gasteiger partial charge in [-0.1, -0.05) is 29.8 Å². The van der Waals surface area contributed by atoms with E-state index < -0.39 is 23.9 Å². The first-order chi connectivity index (χ1) is 11.9. The molecule has 2 rings (SSSR count). The monoisotopic (exact) mass is 360 g/mol. The van der Waals surface area contributed by atoms with Gasteiger partial charge in [0.2, 0.25) is 5.91 Å². The van der Waals surface area contributed by atoms with Crippen LogP contribution in [0.1, 0.15) is 22.8 Å². The number of carbonyl (C=O) groups is 3. The maximum atomic E-state index is 12.1. The molecule has 7 heteroatoms. The first kappa shape index (κ1) is 18.5. The van der Waals surface area contributed by atoms with E-state index in [0.717, 1.165) is 0 Å². The number of halogens is 1. The Morgan fingerprint density at radius 2 is 1.76 bits per heavy atom. The quantitative estimate of drug-likeness (QED) is 0.773. The lowest BCUT2D eigenvalue weighted by Gasteiger charge is -2.14. The first-order valence-electron chi connectivity index (χ1n) is 7.50. The summed E-state index contributed by atoms with van der Waals surface area (Å²) in [4.78, 5) is 35.0. The Morgan fingerprint density at radius 1 is 1.12 bits per heavy atom. The van der Waals surface area contributed by atoms with Crippen molar-refractivity contribution in [2.75, 3.05) is 5.32 Å². The van der Waals surface area contributed by atoms with Gasteiger partial charge in [-0.2, -0.15) is 0 Å².